The largest absolute Gasteiger partial charge is 0.477 e. The van der Waals surface area contributed by atoms with Crippen molar-refractivity contribution in [3.63, 3.8) is 0 Å². The van der Waals surface area contributed by atoms with Crippen molar-refractivity contribution in [2.45, 2.75) is 39.0 Å². The van der Waals surface area contributed by atoms with E-state index in [4.69, 9.17) is 10.4 Å². The topological polar surface area (TPSA) is 61.1 Å². The third-order valence-electron chi connectivity index (χ3n) is 3.15. The molecule has 0 aliphatic heterocycles. The highest BCUT2D eigenvalue weighted by Crippen LogP contribution is 2.32. The zero-order chi connectivity index (χ0) is 11.3. The predicted octanol–water partition coefficient (Wildman–Crippen LogP) is 2.74. The van der Waals surface area contributed by atoms with Crippen LogP contribution in [0.4, 0.5) is 0 Å². The minimum absolute atomic E-state index is 0.100. The van der Waals surface area contributed by atoms with E-state index in [9.17, 15) is 4.79 Å². The molecule has 2 unspecified atom stereocenters. The normalized spacial score (nSPS) is 27.1. The van der Waals surface area contributed by atoms with Crippen molar-refractivity contribution in [2.75, 3.05) is 0 Å². The van der Waals surface area contributed by atoms with E-state index in [1.54, 1.807) is 12.1 Å². The molecular weight excluding hydrogens is 190 g/mol. The SMILES string of the molecule is CCC1CCCC(/C=C(/C#N)C(=O)O)C1. The second-order valence-corrected chi connectivity index (χ2v) is 4.20. The van der Waals surface area contributed by atoms with Gasteiger partial charge in [-0.1, -0.05) is 32.3 Å². The maximum atomic E-state index is 10.7. The van der Waals surface area contributed by atoms with Crippen LogP contribution in [0.1, 0.15) is 39.0 Å². The van der Waals surface area contributed by atoms with E-state index in [0.717, 1.165) is 25.7 Å². The number of hydrogen-bond acceptors (Lipinski definition) is 2. The molecular formula is C12H17NO2. The first-order valence-electron chi connectivity index (χ1n) is 5.52. The lowest BCUT2D eigenvalue weighted by atomic mass is 9.79. The van der Waals surface area contributed by atoms with E-state index in [-0.39, 0.29) is 11.5 Å². The van der Waals surface area contributed by atoms with Crippen LogP contribution < -0.4 is 0 Å². The molecule has 0 spiro atoms. The summed E-state index contributed by atoms with van der Waals surface area (Å²) in [5.41, 5.74) is -0.100. The fraction of sp³-hybridized carbons (Fsp3) is 0.667. The van der Waals surface area contributed by atoms with Crippen molar-refractivity contribution in [3.05, 3.63) is 11.6 Å². The van der Waals surface area contributed by atoms with Gasteiger partial charge in [0.25, 0.3) is 0 Å². The Morgan fingerprint density at radius 3 is 2.87 bits per heavy atom. The number of nitriles is 1. The van der Waals surface area contributed by atoms with Crippen LogP contribution in [0.3, 0.4) is 0 Å². The van der Waals surface area contributed by atoms with Gasteiger partial charge in [-0.2, -0.15) is 5.26 Å². The Kier molecular flexibility index (Phi) is 4.36. The Morgan fingerprint density at radius 2 is 2.33 bits per heavy atom. The first-order chi connectivity index (χ1) is 7.17. The second-order valence-electron chi connectivity index (χ2n) is 4.20. The third kappa shape index (κ3) is 3.39. The summed E-state index contributed by atoms with van der Waals surface area (Å²) in [5.74, 6) is -0.112. The lowest BCUT2D eigenvalue weighted by molar-refractivity contribution is -0.132. The molecule has 3 heteroatoms. The molecule has 0 radical (unpaired) electrons. The molecule has 82 valence electrons. The Hall–Kier alpha value is -1.30. The Bertz CT molecular complexity index is 301. The molecule has 1 aliphatic carbocycles. The summed E-state index contributed by atoms with van der Waals surface area (Å²) in [6.07, 6.45) is 7.25. The first-order valence-corrected chi connectivity index (χ1v) is 5.52. The van der Waals surface area contributed by atoms with Crippen LogP contribution in [-0.2, 0) is 4.79 Å². The molecule has 1 rings (SSSR count). The summed E-state index contributed by atoms with van der Waals surface area (Å²) < 4.78 is 0. The van der Waals surface area contributed by atoms with Crippen LogP contribution in [0.25, 0.3) is 0 Å². The first kappa shape index (κ1) is 11.8. The molecule has 0 bridgehead atoms. The molecule has 0 aromatic heterocycles. The molecule has 15 heavy (non-hydrogen) atoms. The zero-order valence-electron chi connectivity index (χ0n) is 9.07. The van der Waals surface area contributed by atoms with Gasteiger partial charge in [0.2, 0.25) is 0 Å². The molecule has 0 heterocycles. The van der Waals surface area contributed by atoms with E-state index >= 15 is 0 Å². The van der Waals surface area contributed by atoms with Crippen LogP contribution in [0, 0.1) is 23.2 Å². The van der Waals surface area contributed by atoms with Gasteiger partial charge < -0.3 is 5.11 Å². The number of carboxylic acids is 1. The summed E-state index contributed by atoms with van der Waals surface area (Å²) in [6, 6.07) is 1.74. The quantitative estimate of drug-likeness (QED) is 0.571. The number of aliphatic carboxylic acids is 1. The number of carboxylic acid groups (broad SMARTS) is 1. The maximum absolute atomic E-state index is 10.7. The number of nitrogens with zero attached hydrogens (tertiary/aromatic N) is 1. The van der Waals surface area contributed by atoms with E-state index < -0.39 is 5.97 Å². The summed E-state index contributed by atoms with van der Waals surface area (Å²) in [6.45, 7) is 2.17. The minimum Gasteiger partial charge on any atom is -0.477 e. The smallest absolute Gasteiger partial charge is 0.346 e. The molecule has 1 aliphatic rings. The number of rotatable bonds is 3. The lowest BCUT2D eigenvalue weighted by Gasteiger charge is -2.26. The fourth-order valence-corrected chi connectivity index (χ4v) is 2.25. The molecule has 1 N–H and O–H groups in total. The molecule has 1 saturated carbocycles. The predicted molar refractivity (Wildman–Crippen MR) is 57.1 cm³/mol. The number of hydrogen-bond donors (Lipinski definition) is 1. The van der Waals surface area contributed by atoms with E-state index in [1.807, 2.05) is 0 Å². The minimum atomic E-state index is -1.10. The monoisotopic (exact) mass is 207 g/mol. The lowest BCUT2D eigenvalue weighted by Crippen LogP contribution is -2.14. The van der Waals surface area contributed by atoms with Gasteiger partial charge in [-0.15, -0.1) is 0 Å². The molecule has 0 aromatic carbocycles. The molecule has 3 nitrogen and oxygen atoms in total. The average Bonchev–Trinajstić information content (AvgIpc) is 2.25. The van der Waals surface area contributed by atoms with Crippen molar-refractivity contribution in [1.82, 2.24) is 0 Å². The van der Waals surface area contributed by atoms with Crippen LogP contribution in [0.15, 0.2) is 11.6 Å². The van der Waals surface area contributed by atoms with Crippen molar-refractivity contribution in [2.24, 2.45) is 11.8 Å². The van der Waals surface area contributed by atoms with Crippen LogP contribution in [-0.4, -0.2) is 11.1 Å². The standard InChI is InChI=1S/C12H17NO2/c1-2-9-4-3-5-10(6-9)7-11(8-13)12(14)15/h7,9-10H,2-6H2,1H3,(H,14,15)/b11-7-. The van der Waals surface area contributed by atoms with Crippen LogP contribution in [0.5, 0.6) is 0 Å². The number of carbonyl (C=O) groups is 1. The van der Waals surface area contributed by atoms with Crippen molar-refractivity contribution < 1.29 is 9.90 Å². The van der Waals surface area contributed by atoms with Crippen molar-refractivity contribution >= 4 is 5.97 Å². The van der Waals surface area contributed by atoms with Crippen molar-refractivity contribution in [3.8, 4) is 6.07 Å². The highest BCUT2D eigenvalue weighted by Gasteiger charge is 2.20. The summed E-state index contributed by atoms with van der Waals surface area (Å²) >= 11 is 0. The van der Waals surface area contributed by atoms with Gasteiger partial charge in [0, 0.05) is 0 Å². The Morgan fingerprint density at radius 1 is 1.60 bits per heavy atom. The maximum Gasteiger partial charge on any atom is 0.346 e. The average molecular weight is 207 g/mol. The summed E-state index contributed by atoms with van der Waals surface area (Å²) in [5, 5.41) is 17.4. The van der Waals surface area contributed by atoms with Gasteiger partial charge in [0.15, 0.2) is 0 Å². The van der Waals surface area contributed by atoms with Crippen LogP contribution in [0.2, 0.25) is 0 Å². The van der Waals surface area contributed by atoms with Gasteiger partial charge in [-0.3, -0.25) is 0 Å². The number of allylic oxidation sites excluding steroid dienone is 1. The van der Waals surface area contributed by atoms with Crippen molar-refractivity contribution in [1.29, 1.82) is 5.26 Å². The van der Waals surface area contributed by atoms with Gasteiger partial charge in [-0.25, -0.2) is 4.79 Å². The van der Waals surface area contributed by atoms with Crippen LogP contribution >= 0.6 is 0 Å². The van der Waals surface area contributed by atoms with Gasteiger partial charge in [0.1, 0.15) is 11.6 Å². The highest BCUT2D eigenvalue weighted by molar-refractivity contribution is 5.90. The van der Waals surface area contributed by atoms with Gasteiger partial charge >= 0.3 is 5.97 Å². The fourth-order valence-electron chi connectivity index (χ4n) is 2.25. The molecule has 1 fully saturated rings. The van der Waals surface area contributed by atoms with E-state index in [1.165, 1.54) is 6.42 Å². The van der Waals surface area contributed by atoms with E-state index in [2.05, 4.69) is 6.92 Å². The summed E-state index contributed by atoms with van der Waals surface area (Å²) in [4.78, 5) is 10.7. The van der Waals surface area contributed by atoms with Gasteiger partial charge in [0.05, 0.1) is 0 Å². The molecule has 0 amide bonds. The zero-order valence-corrected chi connectivity index (χ0v) is 9.07. The second kappa shape index (κ2) is 5.55. The molecule has 2 atom stereocenters. The summed E-state index contributed by atoms with van der Waals surface area (Å²) in [7, 11) is 0. The van der Waals surface area contributed by atoms with Gasteiger partial charge in [-0.05, 0) is 24.7 Å². The molecule has 0 saturated heterocycles. The highest BCUT2D eigenvalue weighted by atomic mass is 16.4. The third-order valence-corrected chi connectivity index (χ3v) is 3.15. The Balaban J connectivity index is 2.64. The Labute approximate surface area is 90.4 Å². The molecule has 0 aromatic rings. The van der Waals surface area contributed by atoms with E-state index in [0.29, 0.717) is 5.92 Å².